The third-order valence-corrected chi connectivity index (χ3v) is 10.9. The van der Waals surface area contributed by atoms with E-state index >= 15 is 0 Å². The maximum Gasteiger partial charge on any atom is 0.238 e. The smallest absolute Gasteiger partial charge is 0.238 e. The zero-order chi connectivity index (χ0) is 22.7. The number of amides is 1. The lowest BCUT2D eigenvalue weighted by Gasteiger charge is -2.37. The molecule has 1 amide bonds. The molecule has 3 aliphatic rings. The van der Waals surface area contributed by atoms with E-state index < -0.39 is 10.0 Å². The summed E-state index contributed by atoms with van der Waals surface area (Å²) < 4.78 is 27.9. The summed E-state index contributed by atoms with van der Waals surface area (Å²) in [4.78, 5) is 13.6. The Kier molecular flexibility index (Phi) is 5.21. The second-order valence-electron chi connectivity index (χ2n) is 10.5. The lowest BCUT2D eigenvalue weighted by atomic mass is 9.69. The van der Waals surface area contributed by atoms with E-state index in [4.69, 9.17) is 11.6 Å². The van der Waals surface area contributed by atoms with Crippen molar-refractivity contribution in [1.29, 1.82) is 0 Å². The van der Waals surface area contributed by atoms with Crippen LogP contribution >= 0.6 is 11.6 Å². The number of hydrogen-bond donors (Lipinski definition) is 0. The summed E-state index contributed by atoms with van der Waals surface area (Å²) in [6, 6.07) is 17.4. The van der Waals surface area contributed by atoms with Crippen LogP contribution in [0, 0.1) is 16.7 Å². The van der Waals surface area contributed by atoms with Gasteiger partial charge in [0.1, 0.15) is 0 Å². The lowest BCUT2D eigenvalue weighted by Crippen LogP contribution is -2.44. The molecule has 2 aliphatic carbocycles. The molecule has 6 heteroatoms. The maximum atomic E-state index is 13.6. The van der Waals surface area contributed by atoms with Crippen molar-refractivity contribution >= 4 is 27.5 Å². The number of rotatable bonds is 5. The molecule has 4 atom stereocenters. The topological polar surface area (TPSA) is 54.5 Å². The van der Waals surface area contributed by atoms with Crippen LogP contribution in [0.4, 0.5) is 0 Å². The molecule has 5 rings (SSSR count). The van der Waals surface area contributed by atoms with E-state index in [0.29, 0.717) is 17.4 Å². The van der Waals surface area contributed by atoms with Crippen molar-refractivity contribution in [1.82, 2.24) is 4.31 Å². The van der Waals surface area contributed by atoms with E-state index in [1.165, 1.54) is 4.31 Å². The highest BCUT2D eigenvalue weighted by Crippen LogP contribution is 2.70. The average molecular weight is 472 g/mol. The molecule has 32 heavy (non-hydrogen) atoms. The van der Waals surface area contributed by atoms with Gasteiger partial charge in [0, 0.05) is 16.9 Å². The molecular weight excluding hydrogens is 442 g/mol. The van der Waals surface area contributed by atoms with E-state index in [1.54, 1.807) is 0 Å². The number of benzene rings is 2. The Morgan fingerprint density at radius 3 is 2.47 bits per heavy atom. The Morgan fingerprint density at radius 2 is 1.81 bits per heavy atom. The second kappa shape index (κ2) is 7.59. The van der Waals surface area contributed by atoms with Gasteiger partial charge in [-0.25, -0.2) is 12.7 Å². The van der Waals surface area contributed by atoms with Gasteiger partial charge in [-0.2, -0.15) is 0 Å². The van der Waals surface area contributed by atoms with Gasteiger partial charge in [-0.3, -0.25) is 4.79 Å². The van der Waals surface area contributed by atoms with Crippen LogP contribution in [-0.2, 0) is 21.2 Å². The molecular formula is C26H30ClNO3S. The summed E-state index contributed by atoms with van der Waals surface area (Å²) in [6.45, 7) is 4.42. The molecule has 2 bridgehead atoms. The van der Waals surface area contributed by atoms with Crippen LogP contribution in [0.25, 0.3) is 0 Å². The normalized spacial score (nSPS) is 30.3. The van der Waals surface area contributed by atoms with Gasteiger partial charge in [0.25, 0.3) is 0 Å². The quantitative estimate of drug-likeness (QED) is 0.584. The predicted molar refractivity (Wildman–Crippen MR) is 127 cm³/mol. The summed E-state index contributed by atoms with van der Waals surface area (Å²) in [7, 11) is -3.61. The second-order valence-corrected chi connectivity index (χ2v) is 12.7. The van der Waals surface area contributed by atoms with Crippen LogP contribution in [0.3, 0.4) is 0 Å². The summed E-state index contributed by atoms with van der Waals surface area (Å²) in [5.74, 6) is 0.241. The monoisotopic (exact) mass is 471 g/mol. The standard InChI is InChI=1S/C26H30ClNO3S/c1-25(2)21-12-13-26(25)17-32(30,31)28(23(26)16-21)24(29)15-20(14-18-6-4-3-5-7-18)19-8-10-22(27)11-9-19/h3-11,20-21,23H,12-17H2,1-2H3/t20-,21-,23-,26-/m1/s1. The zero-order valence-corrected chi connectivity index (χ0v) is 20.2. The molecule has 0 unspecified atom stereocenters. The fraction of sp³-hybridized carbons (Fsp3) is 0.500. The number of carbonyl (C=O) groups excluding carboxylic acids is 1. The third-order valence-electron chi connectivity index (χ3n) is 8.74. The Hall–Kier alpha value is -1.85. The van der Waals surface area contributed by atoms with E-state index in [-0.39, 0.29) is 40.9 Å². The van der Waals surface area contributed by atoms with Gasteiger partial charge < -0.3 is 0 Å². The molecule has 2 saturated carbocycles. The first kappa shape index (κ1) is 22.0. The molecule has 2 aromatic rings. The van der Waals surface area contributed by atoms with Gasteiger partial charge in [-0.05, 0) is 66.2 Å². The highest BCUT2D eigenvalue weighted by molar-refractivity contribution is 7.90. The van der Waals surface area contributed by atoms with Crippen LogP contribution in [-0.4, -0.2) is 30.4 Å². The first-order valence-corrected chi connectivity index (χ1v) is 13.5. The summed E-state index contributed by atoms with van der Waals surface area (Å²) >= 11 is 6.09. The molecule has 4 nitrogen and oxygen atoms in total. The Bertz CT molecular complexity index is 1130. The van der Waals surface area contributed by atoms with Crippen molar-refractivity contribution in [3.05, 3.63) is 70.7 Å². The van der Waals surface area contributed by atoms with Crippen LogP contribution in [0.2, 0.25) is 5.02 Å². The van der Waals surface area contributed by atoms with Crippen molar-refractivity contribution in [3.8, 4) is 0 Å². The van der Waals surface area contributed by atoms with Crippen LogP contribution in [0.1, 0.15) is 56.6 Å². The molecule has 2 aromatic carbocycles. The lowest BCUT2D eigenvalue weighted by molar-refractivity contribution is -0.129. The van der Waals surface area contributed by atoms with Crippen LogP contribution < -0.4 is 0 Å². The number of sulfonamides is 1. The molecule has 1 spiro atoms. The Labute approximate surface area is 196 Å². The minimum atomic E-state index is -3.61. The fourth-order valence-corrected chi connectivity index (χ4v) is 9.54. The van der Waals surface area contributed by atoms with Gasteiger partial charge in [-0.1, -0.05) is 67.9 Å². The molecule has 0 N–H and O–H groups in total. The molecule has 3 fully saturated rings. The number of hydrogen-bond acceptors (Lipinski definition) is 3. The van der Waals surface area contributed by atoms with Crippen molar-refractivity contribution in [2.45, 2.75) is 57.9 Å². The fourth-order valence-electron chi connectivity index (χ4n) is 6.86. The number of nitrogens with zero attached hydrogens (tertiary/aromatic N) is 1. The maximum absolute atomic E-state index is 13.6. The Balaban J connectivity index is 1.45. The molecule has 0 radical (unpaired) electrons. The van der Waals surface area contributed by atoms with Crippen molar-refractivity contribution in [3.63, 3.8) is 0 Å². The van der Waals surface area contributed by atoms with Gasteiger partial charge in [-0.15, -0.1) is 0 Å². The summed E-state index contributed by atoms with van der Waals surface area (Å²) in [5.41, 5.74) is 1.80. The number of carbonyl (C=O) groups is 1. The van der Waals surface area contributed by atoms with Gasteiger partial charge >= 0.3 is 0 Å². The summed E-state index contributed by atoms with van der Waals surface area (Å²) in [5, 5.41) is 0.645. The first-order chi connectivity index (χ1) is 15.1. The van der Waals surface area contributed by atoms with Crippen molar-refractivity contribution in [2.24, 2.45) is 16.7 Å². The molecule has 0 aromatic heterocycles. The van der Waals surface area contributed by atoms with Crippen molar-refractivity contribution in [2.75, 3.05) is 5.75 Å². The van der Waals surface area contributed by atoms with Crippen molar-refractivity contribution < 1.29 is 13.2 Å². The highest BCUT2D eigenvalue weighted by Gasteiger charge is 2.72. The van der Waals surface area contributed by atoms with E-state index in [0.717, 1.165) is 30.4 Å². The van der Waals surface area contributed by atoms with E-state index in [2.05, 4.69) is 13.8 Å². The molecule has 1 heterocycles. The first-order valence-electron chi connectivity index (χ1n) is 11.5. The van der Waals surface area contributed by atoms with Gasteiger partial charge in [0.05, 0.1) is 11.8 Å². The van der Waals surface area contributed by atoms with E-state index in [1.807, 2.05) is 54.6 Å². The minimum absolute atomic E-state index is 0.0423. The largest absolute Gasteiger partial charge is 0.274 e. The molecule has 1 aliphatic heterocycles. The number of fused-ring (bicyclic) bond motifs is 1. The van der Waals surface area contributed by atoms with Crippen LogP contribution in [0.5, 0.6) is 0 Å². The summed E-state index contributed by atoms with van der Waals surface area (Å²) in [6.07, 6.45) is 3.63. The van der Waals surface area contributed by atoms with Gasteiger partial charge in [0.15, 0.2) is 0 Å². The minimum Gasteiger partial charge on any atom is -0.274 e. The molecule has 1 saturated heterocycles. The molecule has 170 valence electrons. The average Bonchev–Trinajstić information content (AvgIpc) is 3.22. The SMILES string of the molecule is CC1(C)[C@@H]2CC[C@]13CS(=O)(=O)N(C(=O)C[C@@H](Cc1ccccc1)c1ccc(Cl)cc1)[C@@H]3C2. The number of halogens is 1. The predicted octanol–water partition coefficient (Wildman–Crippen LogP) is 5.42. The van der Waals surface area contributed by atoms with Crippen LogP contribution in [0.15, 0.2) is 54.6 Å². The Morgan fingerprint density at radius 1 is 1.12 bits per heavy atom. The highest BCUT2D eigenvalue weighted by atomic mass is 35.5. The zero-order valence-electron chi connectivity index (χ0n) is 18.6. The third kappa shape index (κ3) is 3.31. The van der Waals surface area contributed by atoms with E-state index in [9.17, 15) is 13.2 Å². The van der Waals surface area contributed by atoms with Gasteiger partial charge in [0.2, 0.25) is 15.9 Å².